The molecule has 2 radical (unpaired) electrons. The SMILES string of the molecule is [CH]=CC=CCCCCCCCCCCCCC[CH2]. The van der Waals surface area contributed by atoms with Gasteiger partial charge in [0.05, 0.1) is 0 Å². The number of allylic oxidation sites excluding steroid dienone is 3. The Hall–Kier alpha value is -0.520. The molecule has 0 aromatic heterocycles. The van der Waals surface area contributed by atoms with E-state index >= 15 is 0 Å². The lowest BCUT2D eigenvalue weighted by molar-refractivity contribution is 0.547. The maximum atomic E-state index is 5.26. The first-order valence-corrected chi connectivity index (χ1v) is 7.91. The van der Waals surface area contributed by atoms with E-state index in [9.17, 15) is 0 Å². The van der Waals surface area contributed by atoms with Crippen LogP contribution in [0.15, 0.2) is 18.2 Å². The van der Waals surface area contributed by atoms with Gasteiger partial charge in [0.15, 0.2) is 0 Å². The van der Waals surface area contributed by atoms with Crippen LogP contribution in [0.25, 0.3) is 0 Å². The van der Waals surface area contributed by atoms with E-state index in [0.29, 0.717) is 0 Å². The van der Waals surface area contributed by atoms with Gasteiger partial charge in [-0.2, -0.15) is 0 Å². The lowest BCUT2D eigenvalue weighted by atomic mass is 10.0. The van der Waals surface area contributed by atoms with Crippen LogP contribution in [0.5, 0.6) is 0 Å². The average Bonchev–Trinajstić information content (AvgIpc) is 2.39. The number of rotatable bonds is 14. The van der Waals surface area contributed by atoms with Gasteiger partial charge in [-0.3, -0.25) is 0 Å². The van der Waals surface area contributed by atoms with Crippen LogP contribution in [0, 0.1) is 13.5 Å². The third-order valence-electron chi connectivity index (χ3n) is 3.37. The summed E-state index contributed by atoms with van der Waals surface area (Å²) < 4.78 is 0. The van der Waals surface area contributed by atoms with Crippen LogP contribution < -0.4 is 0 Å². The standard InChI is InChI=1S/C18H32/c1-3-5-7-9-11-13-15-17-18-16-14-12-10-8-6-4-2/h1,3,5,7H,2,4,6,8-18H2. The quantitative estimate of drug-likeness (QED) is 0.245. The highest BCUT2D eigenvalue weighted by Crippen LogP contribution is 2.12. The zero-order valence-electron chi connectivity index (χ0n) is 12.2. The molecule has 0 aromatic rings. The number of unbranched alkanes of at least 4 members (excludes halogenated alkanes) is 12. The molecule has 0 saturated heterocycles. The van der Waals surface area contributed by atoms with Crippen molar-refractivity contribution in [3.8, 4) is 0 Å². The lowest BCUT2D eigenvalue weighted by Crippen LogP contribution is -1.82. The third kappa shape index (κ3) is 15.5. The zero-order chi connectivity index (χ0) is 13.3. The minimum Gasteiger partial charge on any atom is -0.0845 e. The Bertz CT molecular complexity index is 178. The molecule has 0 nitrogen and oxygen atoms in total. The summed E-state index contributed by atoms with van der Waals surface area (Å²) in [6, 6.07) is 0. The monoisotopic (exact) mass is 248 g/mol. The zero-order valence-corrected chi connectivity index (χ0v) is 12.2. The molecule has 0 spiro atoms. The van der Waals surface area contributed by atoms with Crippen LogP contribution in [-0.4, -0.2) is 0 Å². The van der Waals surface area contributed by atoms with E-state index in [1.807, 2.05) is 6.08 Å². The van der Waals surface area contributed by atoms with Gasteiger partial charge in [-0.15, -0.1) is 0 Å². The van der Waals surface area contributed by atoms with Crippen LogP contribution in [0.2, 0.25) is 0 Å². The van der Waals surface area contributed by atoms with Gasteiger partial charge in [0.25, 0.3) is 0 Å². The summed E-state index contributed by atoms with van der Waals surface area (Å²) >= 11 is 0. The molecule has 0 bridgehead atoms. The molecule has 0 unspecified atom stereocenters. The summed E-state index contributed by atoms with van der Waals surface area (Å²) in [6.45, 7) is 9.13. The third-order valence-corrected chi connectivity index (χ3v) is 3.37. The molecule has 0 aliphatic carbocycles. The second kappa shape index (κ2) is 16.5. The molecule has 0 aromatic carbocycles. The minimum absolute atomic E-state index is 1.11. The molecular weight excluding hydrogens is 216 g/mol. The fourth-order valence-corrected chi connectivity index (χ4v) is 2.20. The van der Waals surface area contributed by atoms with Crippen LogP contribution in [-0.2, 0) is 0 Å². The van der Waals surface area contributed by atoms with Gasteiger partial charge < -0.3 is 0 Å². The second-order valence-electron chi connectivity index (χ2n) is 5.15. The summed E-state index contributed by atoms with van der Waals surface area (Å²) in [5, 5.41) is 0. The van der Waals surface area contributed by atoms with Gasteiger partial charge >= 0.3 is 0 Å². The predicted molar refractivity (Wildman–Crippen MR) is 83.4 cm³/mol. The Morgan fingerprint density at radius 3 is 1.56 bits per heavy atom. The Labute approximate surface area is 116 Å². The Balaban J connectivity index is 2.94. The smallest absolute Gasteiger partial charge is 0.0348 e. The normalized spacial score (nSPS) is 11.2. The van der Waals surface area contributed by atoms with Gasteiger partial charge in [-0.1, -0.05) is 102 Å². The fraction of sp³-hybridized carbons (Fsp3) is 0.722. The van der Waals surface area contributed by atoms with Crippen molar-refractivity contribution in [1.29, 1.82) is 0 Å². The molecule has 0 N–H and O–H groups in total. The maximum Gasteiger partial charge on any atom is -0.0348 e. The van der Waals surface area contributed by atoms with Gasteiger partial charge in [-0.05, 0) is 12.8 Å². The van der Waals surface area contributed by atoms with Crippen molar-refractivity contribution < 1.29 is 0 Å². The molecule has 0 aliphatic heterocycles. The highest BCUT2D eigenvalue weighted by Gasteiger charge is 1.92. The average molecular weight is 248 g/mol. The van der Waals surface area contributed by atoms with E-state index < -0.39 is 0 Å². The predicted octanol–water partition coefficient (Wildman–Crippen LogP) is 6.44. The number of hydrogen-bond acceptors (Lipinski definition) is 0. The summed E-state index contributed by atoms with van der Waals surface area (Å²) in [5.74, 6) is 0. The van der Waals surface area contributed by atoms with Crippen molar-refractivity contribution in [2.75, 3.05) is 0 Å². The van der Waals surface area contributed by atoms with Crippen molar-refractivity contribution in [3.63, 3.8) is 0 Å². The van der Waals surface area contributed by atoms with Crippen molar-refractivity contribution >= 4 is 0 Å². The largest absolute Gasteiger partial charge is 0.0845 e. The molecule has 0 fully saturated rings. The first-order chi connectivity index (χ1) is 8.91. The number of hydrogen-bond donors (Lipinski definition) is 0. The van der Waals surface area contributed by atoms with Crippen LogP contribution >= 0.6 is 0 Å². The van der Waals surface area contributed by atoms with Crippen molar-refractivity contribution in [2.45, 2.75) is 83.5 Å². The molecule has 0 heterocycles. The van der Waals surface area contributed by atoms with E-state index in [1.54, 1.807) is 6.08 Å². The topological polar surface area (TPSA) is 0 Å². The van der Waals surface area contributed by atoms with Crippen LogP contribution in [0.1, 0.15) is 83.5 Å². The van der Waals surface area contributed by atoms with Crippen molar-refractivity contribution in [1.82, 2.24) is 0 Å². The highest BCUT2D eigenvalue weighted by atomic mass is 14.0. The molecule has 18 heavy (non-hydrogen) atoms. The Morgan fingerprint density at radius 1 is 0.667 bits per heavy atom. The second-order valence-corrected chi connectivity index (χ2v) is 5.15. The molecule has 0 saturated carbocycles. The van der Waals surface area contributed by atoms with E-state index in [4.69, 9.17) is 6.58 Å². The van der Waals surface area contributed by atoms with Gasteiger partial charge in [0, 0.05) is 0 Å². The summed E-state index contributed by atoms with van der Waals surface area (Å²) in [5.41, 5.74) is 0. The first-order valence-electron chi connectivity index (χ1n) is 7.91. The summed E-state index contributed by atoms with van der Waals surface area (Å²) in [6.07, 6.45) is 23.4. The van der Waals surface area contributed by atoms with Crippen molar-refractivity contribution in [3.05, 3.63) is 31.7 Å². The Morgan fingerprint density at radius 2 is 1.11 bits per heavy atom. The van der Waals surface area contributed by atoms with E-state index in [2.05, 4.69) is 13.0 Å². The molecule has 0 heteroatoms. The molecule has 0 rings (SSSR count). The lowest BCUT2D eigenvalue weighted by Gasteiger charge is -2.02. The molecule has 0 aliphatic rings. The molecule has 0 atom stereocenters. The van der Waals surface area contributed by atoms with Gasteiger partial charge in [-0.25, -0.2) is 0 Å². The van der Waals surface area contributed by atoms with Crippen LogP contribution in [0.4, 0.5) is 0 Å². The van der Waals surface area contributed by atoms with Gasteiger partial charge in [0.2, 0.25) is 0 Å². The Kier molecular flexibility index (Phi) is 16.0. The summed E-state index contributed by atoms with van der Waals surface area (Å²) in [4.78, 5) is 0. The van der Waals surface area contributed by atoms with E-state index in [1.165, 1.54) is 77.0 Å². The van der Waals surface area contributed by atoms with Gasteiger partial charge in [0.1, 0.15) is 0 Å². The minimum atomic E-state index is 1.11. The maximum absolute atomic E-state index is 5.26. The molecule has 0 amide bonds. The first kappa shape index (κ1) is 17.5. The van der Waals surface area contributed by atoms with Crippen LogP contribution in [0.3, 0.4) is 0 Å². The van der Waals surface area contributed by atoms with E-state index in [-0.39, 0.29) is 0 Å². The highest BCUT2D eigenvalue weighted by molar-refractivity contribution is 4.95. The van der Waals surface area contributed by atoms with E-state index in [0.717, 1.165) is 6.42 Å². The summed E-state index contributed by atoms with van der Waals surface area (Å²) in [7, 11) is 0. The molecular formula is C18H32. The van der Waals surface area contributed by atoms with Crippen molar-refractivity contribution in [2.24, 2.45) is 0 Å². The molecule has 104 valence electrons. The fourth-order valence-electron chi connectivity index (χ4n) is 2.20.